The Hall–Kier alpha value is -3.43. The summed E-state index contributed by atoms with van der Waals surface area (Å²) >= 11 is 0. The number of halogens is 1. The number of carbonyl (C=O) groups is 1. The van der Waals surface area contributed by atoms with Gasteiger partial charge in [-0.2, -0.15) is 4.52 Å². The van der Waals surface area contributed by atoms with Crippen molar-refractivity contribution in [1.29, 1.82) is 0 Å². The minimum Gasteiger partial charge on any atom is -0.461 e. The molecule has 0 aliphatic carbocycles. The molecule has 4 aromatic rings. The van der Waals surface area contributed by atoms with Crippen molar-refractivity contribution in [2.45, 2.75) is 13.5 Å². The molecule has 0 aliphatic rings. The van der Waals surface area contributed by atoms with Gasteiger partial charge in [-0.25, -0.2) is 9.97 Å². The quantitative estimate of drug-likeness (QED) is 0.386. The number of rotatable bonds is 7. The second kappa shape index (κ2) is 9.38. The zero-order chi connectivity index (χ0) is 20.2. The van der Waals surface area contributed by atoms with Crippen molar-refractivity contribution in [2.24, 2.45) is 0 Å². The van der Waals surface area contributed by atoms with E-state index < -0.39 is 0 Å². The fraction of sp³-hybridized carbons (Fsp3) is 0.200. The van der Waals surface area contributed by atoms with E-state index in [9.17, 15) is 4.79 Å². The number of hydrogen-bond donors (Lipinski definition) is 3. The van der Waals surface area contributed by atoms with E-state index in [4.69, 9.17) is 10.2 Å². The molecule has 0 saturated heterocycles. The second-order valence-electron chi connectivity index (χ2n) is 6.54. The van der Waals surface area contributed by atoms with Gasteiger partial charge in [0, 0.05) is 38.2 Å². The van der Waals surface area contributed by atoms with Crippen molar-refractivity contribution >= 4 is 29.9 Å². The van der Waals surface area contributed by atoms with E-state index in [0.29, 0.717) is 36.9 Å². The van der Waals surface area contributed by atoms with E-state index in [1.54, 1.807) is 18.4 Å². The van der Waals surface area contributed by atoms with Crippen LogP contribution in [0.15, 0.2) is 53.1 Å². The predicted octanol–water partition coefficient (Wildman–Crippen LogP) is 2.28. The summed E-state index contributed by atoms with van der Waals surface area (Å²) in [5, 5.41) is 10.4. The summed E-state index contributed by atoms with van der Waals surface area (Å²) in [6.45, 7) is 3.54. The van der Waals surface area contributed by atoms with E-state index in [-0.39, 0.29) is 24.3 Å². The lowest BCUT2D eigenvalue weighted by molar-refractivity contribution is -0.118. The predicted molar refractivity (Wildman–Crippen MR) is 116 cm³/mol. The monoisotopic (exact) mass is 427 g/mol. The third-order valence-corrected chi connectivity index (χ3v) is 4.35. The molecule has 10 heteroatoms. The van der Waals surface area contributed by atoms with Gasteiger partial charge in [0.05, 0.1) is 12.0 Å². The first-order chi connectivity index (χ1) is 14.1. The number of carbonyl (C=O) groups excluding carboxylic acids is 1. The van der Waals surface area contributed by atoms with Gasteiger partial charge in [0.25, 0.3) is 0 Å². The Morgan fingerprint density at radius 3 is 2.67 bits per heavy atom. The molecule has 4 rings (SSSR count). The van der Waals surface area contributed by atoms with Crippen LogP contribution in [0.4, 0.5) is 5.95 Å². The van der Waals surface area contributed by atoms with E-state index >= 15 is 0 Å². The maximum Gasteiger partial charge on any atom is 0.223 e. The fourth-order valence-electron chi connectivity index (χ4n) is 2.92. The molecule has 9 nitrogen and oxygen atoms in total. The number of nitrogens with one attached hydrogen (secondary N) is 2. The van der Waals surface area contributed by atoms with E-state index in [0.717, 1.165) is 16.8 Å². The molecular weight excluding hydrogens is 406 g/mol. The van der Waals surface area contributed by atoms with Crippen LogP contribution in [-0.4, -0.2) is 38.6 Å². The summed E-state index contributed by atoms with van der Waals surface area (Å²) in [6.07, 6.45) is 1.57. The topological polar surface area (TPSA) is 123 Å². The summed E-state index contributed by atoms with van der Waals surface area (Å²) in [7, 11) is 0. The van der Waals surface area contributed by atoms with Gasteiger partial charge < -0.3 is 20.8 Å². The molecule has 0 aliphatic heterocycles. The summed E-state index contributed by atoms with van der Waals surface area (Å²) in [4.78, 5) is 19.8. The van der Waals surface area contributed by atoms with Gasteiger partial charge >= 0.3 is 0 Å². The first kappa shape index (κ1) is 21.3. The summed E-state index contributed by atoms with van der Waals surface area (Å²) in [5.74, 6) is 1.27. The molecular formula is C20H22ClN7O2. The SMILES string of the molecule is CC(=O)NCCNCc1ccc(-c2cc3nc(-c4ccco4)nn3c(N)n2)cc1.Cl. The number of benzene rings is 1. The van der Waals surface area contributed by atoms with Crippen molar-refractivity contribution in [3.8, 4) is 22.8 Å². The molecule has 0 spiro atoms. The molecule has 0 bridgehead atoms. The average molecular weight is 428 g/mol. The molecule has 156 valence electrons. The fourth-order valence-corrected chi connectivity index (χ4v) is 2.92. The van der Waals surface area contributed by atoms with Crippen LogP contribution in [0.3, 0.4) is 0 Å². The Balaban J connectivity index is 0.00000256. The van der Waals surface area contributed by atoms with Crippen molar-refractivity contribution in [2.75, 3.05) is 18.8 Å². The maximum atomic E-state index is 10.8. The highest BCUT2D eigenvalue weighted by Gasteiger charge is 2.13. The van der Waals surface area contributed by atoms with E-state index in [1.807, 2.05) is 30.3 Å². The summed E-state index contributed by atoms with van der Waals surface area (Å²) in [5.41, 5.74) is 9.47. The molecule has 3 heterocycles. The van der Waals surface area contributed by atoms with Gasteiger partial charge in [-0.1, -0.05) is 24.3 Å². The lowest BCUT2D eigenvalue weighted by Crippen LogP contribution is -2.29. The lowest BCUT2D eigenvalue weighted by atomic mass is 10.1. The summed E-state index contributed by atoms with van der Waals surface area (Å²) in [6, 6.07) is 13.5. The molecule has 0 radical (unpaired) electrons. The first-order valence-electron chi connectivity index (χ1n) is 9.22. The van der Waals surface area contributed by atoms with Gasteiger partial charge in [-0.05, 0) is 17.7 Å². The van der Waals surface area contributed by atoms with Crippen LogP contribution in [0.5, 0.6) is 0 Å². The highest BCUT2D eigenvalue weighted by Crippen LogP contribution is 2.23. The van der Waals surface area contributed by atoms with E-state index in [1.165, 1.54) is 11.4 Å². The molecule has 0 atom stereocenters. The standard InChI is InChI=1S/C20H21N7O2.ClH/c1-13(28)23-9-8-22-12-14-4-6-15(7-5-14)16-11-18-25-19(17-3-2-10-29-17)26-27(18)20(21)24-16;/h2-7,10-11,22H,8-9,12H2,1H3,(H2,21,24)(H,23,28);1H. The molecule has 0 fully saturated rings. The van der Waals surface area contributed by atoms with Crippen LogP contribution < -0.4 is 16.4 Å². The number of nitrogens with two attached hydrogens (primary N) is 1. The van der Waals surface area contributed by atoms with Crippen molar-refractivity contribution in [1.82, 2.24) is 30.2 Å². The van der Waals surface area contributed by atoms with Gasteiger partial charge in [0.1, 0.15) is 0 Å². The molecule has 4 N–H and O–H groups in total. The van der Waals surface area contributed by atoms with Crippen LogP contribution in [0.2, 0.25) is 0 Å². The van der Waals surface area contributed by atoms with Crippen LogP contribution in [0.25, 0.3) is 28.5 Å². The number of nitrogen functional groups attached to an aromatic ring is 1. The zero-order valence-corrected chi connectivity index (χ0v) is 17.1. The smallest absolute Gasteiger partial charge is 0.223 e. The number of fused-ring (bicyclic) bond motifs is 1. The largest absolute Gasteiger partial charge is 0.461 e. The number of hydrogen-bond acceptors (Lipinski definition) is 7. The Kier molecular flexibility index (Phi) is 6.65. The van der Waals surface area contributed by atoms with Crippen molar-refractivity contribution < 1.29 is 9.21 Å². The Bertz CT molecular complexity index is 1120. The van der Waals surface area contributed by atoms with Gasteiger partial charge in [0.15, 0.2) is 11.4 Å². The lowest BCUT2D eigenvalue weighted by Gasteiger charge is -2.07. The number of aromatic nitrogens is 4. The molecule has 3 aromatic heterocycles. The van der Waals surface area contributed by atoms with Crippen molar-refractivity contribution in [3.63, 3.8) is 0 Å². The number of anilines is 1. The van der Waals surface area contributed by atoms with Crippen LogP contribution in [0.1, 0.15) is 12.5 Å². The zero-order valence-electron chi connectivity index (χ0n) is 16.3. The minimum atomic E-state index is -0.0242. The van der Waals surface area contributed by atoms with Crippen LogP contribution in [-0.2, 0) is 11.3 Å². The van der Waals surface area contributed by atoms with Gasteiger partial charge in [-0.15, -0.1) is 17.5 Å². The van der Waals surface area contributed by atoms with Gasteiger partial charge in [-0.3, -0.25) is 4.79 Å². The second-order valence-corrected chi connectivity index (χ2v) is 6.54. The number of amides is 1. The Morgan fingerprint density at radius 2 is 1.97 bits per heavy atom. The minimum absolute atomic E-state index is 0. The third-order valence-electron chi connectivity index (χ3n) is 4.35. The maximum absolute atomic E-state index is 10.8. The molecule has 0 unspecified atom stereocenters. The molecule has 30 heavy (non-hydrogen) atoms. The number of furan rings is 1. The van der Waals surface area contributed by atoms with Crippen LogP contribution >= 0.6 is 12.4 Å². The highest BCUT2D eigenvalue weighted by atomic mass is 35.5. The third kappa shape index (κ3) is 4.76. The van der Waals surface area contributed by atoms with Crippen molar-refractivity contribution in [3.05, 3.63) is 54.3 Å². The van der Waals surface area contributed by atoms with E-state index in [2.05, 4.69) is 25.7 Å². The Labute approximate surface area is 179 Å². The molecule has 1 amide bonds. The first-order valence-corrected chi connectivity index (χ1v) is 9.22. The van der Waals surface area contributed by atoms with Gasteiger partial charge in [0.2, 0.25) is 17.7 Å². The van der Waals surface area contributed by atoms with Crippen LogP contribution in [0, 0.1) is 0 Å². The number of nitrogens with zero attached hydrogens (tertiary/aromatic N) is 4. The Morgan fingerprint density at radius 1 is 1.17 bits per heavy atom. The normalized spacial score (nSPS) is 10.7. The molecule has 1 aromatic carbocycles. The molecule has 0 saturated carbocycles. The summed E-state index contributed by atoms with van der Waals surface area (Å²) < 4.78 is 6.84. The average Bonchev–Trinajstić information content (AvgIpc) is 3.38. The highest BCUT2D eigenvalue weighted by molar-refractivity contribution is 5.85.